The Morgan fingerprint density at radius 3 is 2.59 bits per heavy atom. The number of carbonyl (C=O) groups is 1. The Labute approximate surface area is 197 Å². The molecular weight excluding hydrogens is 490 g/mol. The number of fused-ring (bicyclic) bond motifs is 1. The van der Waals surface area contributed by atoms with Crippen LogP contribution in [-0.2, 0) is 4.74 Å². The molecule has 2 aromatic heterocycles. The van der Waals surface area contributed by atoms with Crippen molar-refractivity contribution < 1.29 is 18.7 Å². The first kappa shape index (κ1) is 21.1. The average Bonchev–Trinajstić information content (AvgIpc) is 3.26. The van der Waals surface area contributed by atoms with E-state index in [1.165, 1.54) is 17.4 Å². The van der Waals surface area contributed by atoms with Gasteiger partial charge in [0.05, 0.1) is 13.2 Å². The first-order valence-corrected chi connectivity index (χ1v) is 11.9. The van der Waals surface area contributed by atoms with Crippen molar-refractivity contribution in [1.82, 2.24) is 9.88 Å². The number of hydrogen-bond donors (Lipinski definition) is 0. The molecule has 0 spiro atoms. The Balaban J connectivity index is 1.41. The fourth-order valence-electron chi connectivity index (χ4n) is 3.55. The van der Waals surface area contributed by atoms with E-state index in [0.717, 1.165) is 25.0 Å². The maximum atomic E-state index is 14.3. The monoisotopic (exact) mass is 508 g/mol. The molecule has 0 bridgehead atoms. The van der Waals surface area contributed by atoms with Crippen molar-refractivity contribution in [1.29, 1.82) is 0 Å². The minimum absolute atomic E-state index is 0.0208. The smallest absolute Gasteiger partial charge is 0.378 e. The Kier molecular flexibility index (Phi) is 5.96. The number of thiophene rings is 1. The molecule has 1 aliphatic rings. The van der Waals surface area contributed by atoms with Crippen LogP contribution in [0, 0.1) is 5.82 Å². The van der Waals surface area contributed by atoms with Crippen molar-refractivity contribution in [2.45, 2.75) is 0 Å². The second-order valence-corrected chi connectivity index (χ2v) is 9.47. The molecule has 3 heterocycles. The fraction of sp³-hybridized carbons (Fsp3) is 0.167. The Hall–Kier alpha value is -2.73. The van der Waals surface area contributed by atoms with Crippen molar-refractivity contribution in [3.8, 4) is 21.9 Å². The van der Waals surface area contributed by atoms with Gasteiger partial charge in [-0.25, -0.2) is 0 Å². The molecule has 5 rings (SSSR count). The zero-order chi connectivity index (χ0) is 22.1. The summed E-state index contributed by atoms with van der Waals surface area (Å²) in [5.74, 6) is 0.341. The van der Waals surface area contributed by atoms with Gasteiger partial charge in [-0.1, -0.05) is 0 Å². The summed E-state index contributed by atoms with van der Waals surface area (Å²) in [5.41, 5.74) is 2.42. The van der Waals surface area contributed by atoms with E-state index in [-0.39, 0.29) is 11.7 Å². The van der Waals surface area contributed by atoms with E-state index in [2.05, 4.69) is 21.8 Å². The number of amides is 1. The van der Waals surface area contributed by atoms with E-state index >= 15 is 0 Å². The van der Waals surface area contributed by atoms with Crippen LogP contribution in [0.2, 0.25) is 0 Å². The van der Waals surface area contributed by atoms with Crippen LogP contribution in [0.25, 0.3) is 20.7 Å². The second-order valence-electron chi connectivity index (χ2n) is 7.33. The molecule has 0 saturated carbocycles. The van der Waals surface area contributed by atoms with Crippen LogP contribution in [-0.4, -0.2) is 58.9 Å². The van der Waals surface area contributed by atoms with Gasteiger partial charge in [-0.3, -0.25) is 4.79 Å². The van der Waals surface area contributed by atoms with E-state index in [1.807, 2.05) is 35.2 Å². The summed E-state index contributed by atoms with van der Waals surface area (Å²) in [5, 5.41) is 0. The van der Waals surface area contributed by atoms with Crippen molar-refractivity contribution in [2.75, 3.05) is 26.3 Å². The number of benzene rings is 2. The molecule has 0 unspecified atom stereocenters. The number of aromatic nitrogens is 1. The molecule has 0 aliphatic carbocycles. The topological polar surface area (TPSA) is 51.7 Å². The van der Waals surface area contributed by atoms with E-state index in [0.29, 0.717) is 37.6 Å². The predicted octanol–water partition coefficient (Wildman–Crippen LogP) is 4.16. The van der Waals surface area contributed by atoms with Gasteiger partial charge in [0, 0.05) is 18.7 Å². The molecule has 1 saturated heterocycles. The zero-order valence-corrected chi connectivity index (χ0v) is 19.6. The van der Waals surface area contributed by atoms with Crippen LogP contribution in [0.4, 0.5) is 4.39 Å². The van der Waals surface area contributed by atoms with Gasteiger partial charge < -0.3 is 9.64 Å². The molecule has 32 heavy (non-hydrogen) atoms. The minimum atomic E-state index is -0.412. The van der Waals surface area contributed by atoms with Crippen molar-refractivity contribution in [2.24, 2.45) is 0 Å². The quantitative estimate of drug-likeness (QED) is 0.389. The summed E-state index contributed by atoms with van der Waals surface area (Å²) in [4.78, 5) is 19.9. The summed E-state index contributed by atoms with van der Waals surface area (Å²) in [6.45, 7) is 2.39. The van der Waals surface area contributed by atoms with Crippen molar-refractivity contribution >= 4 is 48.7 Å². The van der Waals surface area contributed by atoms with Gasteiger partial charge in [-0.05, 0) is 0 Å². The van der Waals surface area contributed by atoms with Crippen LogP contribution in [0.5, 0.6) is 11.5 Å². The third-order valence-corrected chi connectivity index (χ3v) is 7.00. The van der Waals surface area contributed by atoms with Crippen LogP contribution in [0.1, 0.15) is 10.4 Å². The van der Waals surface area contributed by atoms with Crippen LogP contribution in [0.15, 0.2) is 60.8 Å². The second kappa shape index (κ2) is 9.02. The molecule has 5 nitrogen and oxygen atoms in total. The predicted molar refractivity (Wildman–Crippen MR) is 124 cm³/mol. The Bertz CT molecular complexity index is 1290. The number of hydrogen-bond acceptors (Lipinski definition) is 5. The van der Waals surface area contributed by atoms with E-state index in [4.69, 9.17) is 9.47 Å². The normalized spacial score (nSPS) is 14.0. The third kappa shape index (κ3) is 4.28. The SMILES string of the molecule is O=C(c1ccc(-c2cc3nccc(Oc4ccc([As])cc4F)c3s2)cc1)N1CCOCC1. The van der Waals surface area contributed by atoms with E-state index in [9.17, 15) is 9.18 Å². The summed E-state index contributed by atoms with van der Waals surface area (Å²) < 4.78 is 27.1. The number of ether oxygens (including phenoxy) is 2. The third-order valence-electron chi connectivity index (χ3n) is 5.23. The van der Waals surface area contributed by atoms with Gasteiger partial charge in [0.25, 0.3) is 5.91 Å². The van der Waals surface area contributed by atoms with Crippen LogP contribution >= 0.6 is 11.3 Å². The molecule has 1 aliphatic heterocycles. The number of rotatable bonds is 4. The summed E-state index contributed by atoms with van der Waals surface area (Å²) in [6.07, 6.45) is 1.65. The molecular formula is C24H18AsFN2O3S. The molecule has 8 heteroatoms. The minimum Gasteiger partial charge on any atom is -0.378 e. The number of pyridine rings is 1. The van der Waals surface area contributed by atoms with Crippen LogP contribution in [0.3, 0.4) is 0 Å². The number of morpholine rings is 1. The molecule has 4 aromatic rings. The van der Waals surface area contributed by atoms with Crippen molar-refractivity contribution in [3.05, 3.63) is 72.2 Å². The summed E-state index contributed by atoms with van der Waals surface area (Å²) >= 11 is 3.83. The molecule has 0 atom stereocenters. The summed E-state index contributed by atoms with van der Waals surface area (Å²) in [7, 11) is 0. The molecule has 160 valence electrons. The fourth-order valence-corrected chi connectivity index (χ4v) is 5.02. The molecule has 1 fully saturated rings. The summed E-state index contributed by atoms with van der Waals surface area (Å²) in [6, 6.07) is 16.1. The van der Waals surface area contributed by atoms with E-state index < -0.39 is 5.82 Å². The Morgan fingerprint density at radius 1 is 1.06 bits per heavy atom. The van der Waals surface area contributed by atoms with Gasteiger partial charge in [-0.15, -0.1) is 0 Å². The molecule has 2 aromatic carbocycles. The number of halogens is 1. The zero-order valence-electron chi connectivity index (χ0n) is 17.0. The molecule has 2 radical (unpaired) electrons. The standard InChI is InChI=1S/C24H18AsFN2O3S/c25-17-5-6-20(18(26)13-17)31-21-7-8-27-19-14-22(32-23(19)21)15-1-3-16(4-2-15)24(29)28-9-11-30-12-10-28/h1-8,13-14H,9-12H2. The van der Waals surface area contributed by atoms with E-state index in [1.54, 1.807) is 24.4 Å². The average molecular weight is 508 g/mol. The van der Waals surface area contributed by atoms with Gasteiger partial charge >= 0.3 is 145 Å². The van der Waals surface area contributed by atoms with Crippen LogP contribution < -0.4 is 9.09 Å². The molecule has 0 N–H and O–H groups in total. The molecule has 1 amide bonds. The number of carbonyl (C=O) groups excluding carboxylic acids is 1. The van der Waals surface area contributed by atoms with Crippen molar-refractivity contribution in [3.63, 3.8) is 0 Å². The Morgan fingerprint density at radius 2 is 1.84 bits per heavy atom. The first-order chi connectivity index (χ1) is 15.6. The van der Waals surface area contributed by atoms with Gasteiger partial charge in [0.15, 0.2) is 0 Å². The van der Waals surface area contributed by atoms with Gasteiger partial charge in [-0.2, -0.15) is 0 Å². The first-order valence-electron chi connectivity index (χ1n) is 10.1. The maximum absolute atomic E-state index is 14.3. The number of nitrogens with zero attached hydrogens (tertiary/aromatic N) is 2. The van der Waals surface area contributed by atoms with Gasteiger partial charge in [0.1, 0.15) is 0 Å². The van der Waals surface area contributed by atoms with Gasteiger partial charge in [0.2, 0.25) is 0 Å².